The normalized spacial score (nSPS) is 14.1. The summed E-state index contributed by atoms with van der Waals surface area (Å²) in [5, 5.41) is 0. The summed E-state index contributed by atoms with van der Waals surface area (Å²) in [6.45, 7) is 8.71. The van der Waals surface area contributed by atoms with Gasteiger partial charge in [-0.25, -0.2) is 0 Å². The monoisotopic (exact) mass is 225 g/mol. The highest BCUT2D eigenvalue weighted by molar-refractivity contribution is 6.44. The maximum atomic E-state index is 5.93. The van der Waals surface area contributed by atoms with E-state index < -0.39 is 0 Å². The first-order valence-corrected chi connectivity index (χ1v) is 6.06. The number of alkyl halides is 2. The van der Waals surface area contributed by atoms with Gasteiger partial charge in [0.15, 0.2) is 0 Å². The van der Waals surface area contributed by atoms with Crippen LogP contribution in [0.25, 0.3) is 0 Å². The molecule has 0 bridgehead atoms. The summed E-state index contributed by atoms with van der Waals surface area (Å²) in [6, 6.07) is 0.322. The Labute approximate surface area is 92.4 Å². The van der Waals surface area contributed by atoms with Crippen molar-refractivity contribution in [1.82, 2.24) is 4.90 Å². The maximum absolute atomic E-state index is 5.93. The van der Waals surface area contributed by atoms with Crippen molar-refractivity contribution in [1.29, 1.82) is 0 Å². The molecule has 0 spiro atoms. The molecule has 0 aromatic heterocycles. The molecule has 0 aliphatic heterocycles. The van der Waals surface area contributed by atoms with Crippen LogP contribution in [0.15, 0.2) is 0 Å². The van der Waals surface area contributed by atoms with Crippen LogP contribution in [-0.2, 0) is 0 Å². The van der Waals surface area contributed by atoms with E-state index in [1.807, 2.05) is 0 Å². The maximum Gasteiger partial charge on any atom is 0.123 e. The van der Waals surface area contributed by atoms with Crippen molar-refractivity contribution in [2.45, 2.75) is 50.9 Å². The van der Waals surface area contributed by atoms with Crippen LogP contribution in [0.3, 0.4) is 0 Å². The van der Waals surface area contributed by atoms with Gasteiger partial charge in [-0.3, -0.25) is 4.90 Å². The van der Waals surface area contributed by atoms with Gasteiger partial charge < -0.3 is 0 Å². The van der Waals surface area contributed by atoms with E-state index in [-0.39, 0.29) is 4.84 Å². The Bertz CT molecular complexity index is 111. The molecule has 1 atom stereocenters. The van der Waals surface area contributed by atoms with Crippen molar-refractivity contribution in [2.24, 2.45) is 0 Å². The van der Waals surface area contributed by atoms with Crippen LogP contribution in [0.2, 0.25) is 0 Å². The summed E-state index contributed by atoms with van der Waals surface area (Å²) in [4.78, 5) is 2.13. The lowest BCUT2D eigenvalue weighted by atomic mass is 10.2. The van der Waals surface area contributed by atoms with Gasteiger partial charge in [0.1, 0.15) is 4.84 Å². The Morgan fingerprint density at radius 3 is 1.69 bits per heavy atom. The second kappa shape index (κ2) is 7.90. The Hall–Kier alpha value is 0.540. The summed E-state index contributed by atoms with van der Waals surface area (Å²) in [7, 11) is 0. The van der Waals surface area contributed by atoms with Crippen LogP contribution >= 0.6 is 23.2 Å². The van der Waals surface area contributed by atoms with Crippen molar-refractivity contribution in [2.75, 3.05) is 13.1 Å². The van der Waals surface area contributed by atoms with Crippen LogP contribution in [0.1, 0.15) is 40.0 Å². The minimum absolute atomic E-state index is 0.261. The van der Waals surface area contributed by atoms with E-state index in [2.05, 4.69) is 25.7 Å². The number of halogens is 2. The molecule has 0 aliphatic carbocycles. The Morgan fingerprint density at radius 2 is 1.46 bits per heavy atom. The zero-order valence-corrected chi connectivity index (χ0v) is 10.4. The molecular weight excluding hydrogens is 205 g/mol. The molecule has 0 fully saturated rings. The van der Waals surface area contributed by atoms with Crippen molar-refractivity contribution in [3.63, 3.8) is 0 Å². The van der Waals surface area contributed by atoms with Gasteiger partial charge >= 0.3 is 0 Å². The highest BCUT2D eigenvalue weighted by Crippen LogP contribution is 2.18. The van der Waals surface area contributed by atoms with E-state index in [9.17, 15) is 0 Å². The molecule has 1 nitrogen and oxygen atoms in total. The summed E-state index contributed by atoms with van der Waals surface area (Å²) >= 11 is 11.9. The lowest BCUT2D eigenvalue weighted by Gasteiger charge is -2.31. The van der Waals surface area contributed by atoms with Gasteiger partial charge in [-0.2, -0.15) is 0 Å². The van der Waals surface area contributed by atoms with Gasteiger partial charge in [-0.15, -0.1) is 23.2 Å². The molecule has 0 rings (SSSR count). The number of rotatable bonds is 7. The van der Waals surface area contributed by atoms with Crippen molar-refractivity contribution >= 4 is 23.2 Å². The minimum atomic E-state index is -0.261. The smallest absolute Gasteiger partial charge is 0.123 e. The van der Waals surface area contributed by atoms with Crippen LogP contribution < -0.4 is 0 Å². The fourth-order valence-corrected chi connectivity index (χ4v) is 2.29. The second-order valence-electron chi connectivity index (χ2n) is 3.35. The van der Waals surface area contributed by atoms with Crippen molar-refractivity contribution in [3.05, 3.63) is 0 Å². The van der Waals surface area contributed by atoms with Gasteiger partial charge in [0.25, 0.3) is 0 Å². The van der Waals surface area contributed by atoms with Gasteiger partial charge in [0.2, 0.25) is 0 Å². The van der Waals surface area contributed by atoms with Crippen LogP contribution in [0, 0.1) is 0 Å². The minimum Gasteiger partial charge on any atom is -0.298 e. The molecule has 3 heteroatoms. The second-order valence-corrected chi connectivity index (χ2v) is 4.51. The Kier molecular flexibility index (Phi) is 8.23. The van der Waals surface area contributed by atoms with Crippen LogP contribution in [0.4, 0.5) is 0 Å². The highest BCUT2D eigenvalue weighted by Gasteiger charge is 2.21. The Balaban J connectivity index is 4.11. The Morgan fingerprint density at radius 1 is 1.00 bits per heavy atom. The topological polar surface area (TPSA) is 3.24 Å². The fourth-order valence-electron chi connectivity index (χ4n) is 1.61. The molecule has 0 N–H and O–H groups in total. The van der Waals surface area contributed by atoms with Gasteiger partial charge in [-0.1, -0.05) is 20.8 Å². The predicted octanol–water partition coefficient (Wildman–Crippen LogP) is 3.69. The average molecular weight is 226 g/mol. The first kappa shape index (κ1) is 13.5. The molecule has 0 aromatic rings. The summed E-state index contributed by atoms with van der Waals surface area (Å²) in [5.41, 5.74) is 0. The molecule has 0 aromatic carbocycles. The first-order valence-electron chi connectivity index (χ1n) is 5.19. The van der Waals surface area contributed by atoms with Gasteiger partial charge in [0.05, 0.1) is 0 Å². The third kappa shape index (κ3) is 5.09. The molecule has 0 aliphatic rings. The third-order valence-corrected chi connectivity index (χ3v) is 2.78. The molecule has 1 unspecified atom stereocenters. The fraction of sp³-hybridized carbons (Fsp3) is 1.00. The quantitative estimate of drug-likeness (QED) is 0.598. The lowest BCUT2D eigenvalue weighted by Crippen LogP contribution is -2.40. The molecule has 13 heavy (non-hydrogen) atoms. The predicted molar refractivity (Wildman–Crippen MR) is 61.7 cm³/mol. The van der Waals surface area contributed by atoms with E-state index in [0.29, 0.717) is 6.04 Å². The number of nitrogens with zero attached hydrogens (tertiary/aromatic N) is 1. The van der Waals surface area contributed by atoms with Crippen molar-refractivity contribution in [3.8, 4) is 0 Å². The molecule has 0 radical (unpaired) electrons. The molecule has 0 amide bonds. The van der Waals surface area contributed by atoms with Crippen molar-refractivity contribution < 1.29 is 0 Å². The van der Waals surface area contributed by atoms with E-state index in [0.717, 1.165) is 32.4 Å². The third-order valence-electron chi connectivity index (χ3n) is 2.20. The molecule has 80 valence electrons. The average Bonchev–Trinajstić information content (AvgIpc) is 2.05. The van der Waals surface area contributed by atoms with E-state index >= 15 is 0 Å². The molecule has 0 saturated carbocycles. The van der Waals surface area contributed by atoms with Gasteiger partial charge in [-0.05, 0) is 32.4 Å². The van der Waals surface area contributed by atoms with Crippen LogP contribution in [-0.4, -0.2) is 28.9 Å². The first-order chi connectivity index (χ1) is 6.17. The zero-order valence-electron chi connectivity index (χ0n) is 8.89. The summed E-state index contributed by atoms with van der Waals surface area (Å²) in [5.74, 6) is 0. The zero-order chi connectivity index (χ0) is 10.3. The number of hydrogen-bond donors (Lipinski definition) is 0. The van der Waals surface area contributed by atoms with Crippen LogP contribution in [0.5, 0.6) is 0 Å². The summed E-state index contributed by atoms with van der Waals surface area (Å²) < 4.78 is 0. The van der Waals surface area contributed by atoms with E-state index in [4.69, 9.17) is 23.2 Å². The molecular formula is C10H21Cl2N. The highest BCUT2D eigenvalue weighted by atomic mass is 35.5. The van der Waals surface area contributed by atoms with Gasteiger partial charge in [0, 0.05) is 6.04 Å². The lowest BCUT2D eigenvalue weighted by molar-refractivity contribution is 0.200. The number of hydrogen-bond acceptors (Lipinski definition) is 1. The van der Waals surface area contributed by atoms with E-state index in [1.165, 1.54) is 0 Å². The largest absolute Gasteiger partial charge is 0.298 e. The molecule has 0 heterocycles. The van der Waals surface area contributed by atoms with E-state index in [1.54, 1.807) is 0 Å². The SMILES string of the molecule is CCCN(CCC)C(CC)C(Cl)Cl. The standard InChI is InChI=1S/C10H21Cl2N/c1-4-7-13(8-5-2)9(6-3)10(11)12/h9-10H,4-8H2,1-3H3. The molecule has 0 saturated heterocycles. The summed E-state index contributed by atoms with van der Waals surface area (Å²) in [6.07, 6.45) is 3.35.